The van der Waals surface area contributed by atoms with E-state index in [1.165, 1.54) is 22.9 Å². The lowest BCUT2D eigenvalue weighted by Gasteiger charge is -2.36. The van der Waals surface area contributed by atoms with Crippen LogP contribution in [0.4, 0.5) is 5.13 Å². The molecule has 88 valence electrons. The summed E-state index contributed by atoms with van der Waals surface area (Å²) < 4.78 is 1.23. The van der Waals surface area contributed by atoms with Crippen LogP contribution in [0.15, 0.2) is 40.3 Å². The van der Waals surface area contributed by atoms with Gasteiger partial charge in [0.05, 0.1) is 0 Å². The Kier molecular flexibility index (Phi) is 3.16. The van der Waals surface area contributed by atoms with Crippen molar-refractivity contribution in [3.63, 3.8) is 0 Å². The van der Waals surface area contributed by atoms with Crippen LogP contribution < -0.4 is 5.32 Å². The summed E-state index contributed by atoms with van der Waals surface area (Å²) in [5.74, 6) is 0.683. The molecule has 2 nitrogen and oxygen atoms in total. The van der Waals surface area contributed by atoms with Crippen molar-refractivity contribution in [3.05, 3.63) is 45.9 Å². The highest BCUT2D eigenvalue weighted by Crippen LogP contribution is 2.41. The van der Waals surface area contributed by atoms with Gasteiger partial charge in [0.1, 0.15) is 0 Å². The lowest BCUT2D eigenvalue weighted by molar-refractivity contribution is 0.373. The highest BCUT2D eigenvalue weighted by Gasteiger charge is 2.31. The molecule has 0 amide bonds. The molecule has 2 aromatic rings. The first-order valence-corrected chi connectivity index (χ1v) is 7.40. The summed E-state index contributed by atoms with van der Waals surface area (Å²) in [5, 5.41) is 6.52. The number of thiazole rings is 1. The first-order valence-electron chi connectivity index (χ1n) is 5.73. The molecule has 0 aliphatic heterocycles. The maximum Gasteiger partial charge on any atom is 0.182 e. The van der Waals surface area contributed by atoms with E-state index in [0.29, 0.717) is 12.0 Å². The van der Waals surface area contributed by atoms with Crippen molar-refractivity contribution in [2.24, 2.45) is 0 Å². The third kappa shape index (κ3) is 2.38. The summed E-state index contributed by atoms with van der Waals surface area (Å²) in [7, 11) is 0. The summed E-state index contributed by atoms with van der Waals surface area (Å²) >= 11 is 5.29. The molecule has 1 heterocycles. The van der Waals surface area contributed by atoms with Gasteiger partial charge in [-0.1, -0.05) is 34.1 Å². The standard InChI is InChI=1S/C13H13BrN2S/c14-12-4-2-1-3-11(12)9-7-10(8-9)16-13-15-5-6-17-13/h1-6,9-10H,7-8H2,(H,15,16). The van der Waals surface area contributed by atoms with E-state index in [1.54, 1.807) is 11.3 Å². The van der Waals surface area contributed by atoms with E-state index >= 15 is 0 Å². The van der Waals surface area contributed by atoms with Gasteiger partial charge in [0.25, 0.3) is 0 Å². The molecule has 1 aromatic carbocycles. The maximum atomic E-state index is 4.25. The van der Waals surface area contributed by atoms with E-state index in [1.807, 2.05) is 11.6 Å². The van der Waals surface area contributed by atoms with Crippen molar-refractivity contribution in [3.8, 4) is 0 Å². The molecule has 1 aliphatic carbocycles. The molecule has 0 radical (unpaired) electrons. The first kappa shape index (κ1) is 11.2. The number of aromatic nitrogens is 1. The van der Waals surface area contributed by atoms with Crippen molar-refractivity contribution >= 4 is 32.4 Å². The van der Waals surface area contributed by atoms with E-state index in [0.717, 1.165) is 5.13 Å². The van der Waals surface area contributed by atoms with Crippen LogP contribution in [0.1, 0.15) is 24.3 Å². The quantitative estimate of drug-likeness (QED) is 0.916. The number of halogens is 1. The minimum absolute atomic E-state index is 0.582. The molecule has 0 bridgehead atoms. The van der Waals surface area contributed by atoms with Gasteiger partial charge in [0, 0.05) is 22.1 Å². The van der Waals surface area contributed by atoms with Gasteiger partial charge in [0.2, 0.25) is 0 Å². The van der Waals surface area contributed by atoms with Crippen molar-refractivity contribution in [1.82, 2.24) is 4.98 Å². The zero-order chi connectivity index (χ0) is 11.7. The molecule has 0 saturated heterocycles. The fourth-order valence-electron chi connectivity index (χ4n) is 2.27. The van der Waals surface area contributed by atoms with Gasteiger partial charge in [0.15, 0.2) is 5.13 Å². The zero-order valence-electron chi connectivity index (χ0n) is 9.27. The van der Waals surface area contributed by atoms with Crippen LogP contribution in [0.5, 0.6) is 0 Å². The van der Waals surface area contributed by atoms with Gasteiger partial charge < -0.3 is 5.32 Å². The van der Waals surface area contributed by atoms with Gasteiger partial charge in [-0.25, -0.2) is 4.98 Å². The number of anilines is 1. The van der Waals surface area contributed by atoms with Crippen LogP contribution in [0, 0.1) is 0 Å². The minimum Gasteiger partial charge on any atom is -0.359 e. The molecule has 17 heavy (non-hydrogen) atoms. The molecular weight excluding hydrogens is 296 g/mol. The third-order valence-electron chi connectivity index (χ3n) is 3.24. The summed E-state index contributed by atoms with van der Waals surface area (Å²) in [4.78, 5) is 4.25. The third-order valence-corrected chi connectivity index (χ3v) is 4.67. The highest BCUT2D eigenvalue weighted by atomic mass is 79.9. The summed E-state index contributed by atoms with van der Waals surface area (Å²) in [6, 6.07) is 9.10. The Balaban J connectivity index is 1.60. The van der Waals surface area contributed by atoms with Crippen molar-refractivity contribution in [2.75, 3.05) is 5.32 Å². The van der Waals surface area contributed by atoms with E-state index in [2.05, 4.69) is 50.5 Å². The molecule has 1 fully saturated rings. The molecule has 3 rings (SSSR count). The van der Waals surface area contributed by atoms with Crippen molar-refractivity contribution in [1.29, 1.82) is 0 Å². The normalized spacial score (nSPS) is 23.1. The van der Waals surface area contributed by atoms with E-state index in [9.17, 15) is 0 Å². The fourth-order valence-corrected chi connectivity index (χ4v) is 3.48. The van der Waals surface area contributed by atoms with Crippen LogP contribution >= 0.6 is 27.3 Å². The van der Waals surface area contributed by atoms with Crippen LogP contribution in [-0.2, 0) is 0 Å². The molecule has 0 atom stereocenters. The van der Waals surface area contributed by atoms with Gasteiger partial charge in [-0.15, -0.1) is 11.3 Å². The Hall–Kier alpha value is -0.870. The van der Waals surface area contributed by atoms with Crippen LogP contribution in [-0.4, -0.2) is 11.0 Å². The second-order valence-electron chi connectivity index (χ2n) is 4.37. The lowest BCUT2D eigenvalue weighted by Crippen LogP contribution is -2.34. The molecule has 1 aliphatic rings. The number of hydrogen-bond donors (Lipinski definition) is 1. The molecule has 1 saturated carbocycles. The van der Waals surface area contributed by atoms with Crippen LogP contribution in [0.3, 0.4) is 0 Å². The summed E-state index contributed by atoms with van der Waals surface area (Å²) in [6.45, 7) is 0. The van der Waals surface area contributed by atoms with Gasteiger partial charge in [-0.3, -0.25) is 0 Å². The number of benzene rings is 1. The largest absolute Gasteiger partial charge is 0.359 e. The maximum absolute atomic E-state index is 4.25. The summed E-state index contributed by atoms with van der Waals surface area (Å²) in [6.07, 6.45) is 4.24. The number of nitrogens with zero attached hydrogens (tertiary/aromatic N) is 1. The number of hydrogen-bond acceptors (Lipinski definition) is 3. The van der Waals surface area contributed by atoms with E-state index in [-0.39, 0.29) is 0 Å². The SMILES string of the molecule is Brc1ccccc1C1CC(Nc2nccs2)C1. The molecule has 0 spiro atoms. The summed E-state index contributed by atoms with van der Waals surface area (Å²) in [5.41, 5.74) is 1.43. The molecule has 4 heteroatoms. The highest BCUT2D eigenvalue weighted by molar-refractivity contribution is 9.10. The smallest absolute Gasteiger partial charge is 0.182 e. The lowest BCUT2D eigenvalue weighted by atomic mass is 9.76. The second-order valence-corrected chi connectivity index (χ2v) is 6.12. The van der Waals surface area contributed by atoms with E-state index in [4.69, 9.17) is 0 Å². The molecule has 0 unspecified atom stereocenters. The van der Waals surface area contributed by atoms with Gasteiger partial charge in [-0.05, 0) is 30.4 Å². The molecule has 1 aromatic heterocycles. The average molecular weight is 309 g/mol. The van der Waals surface area contributed by atoms with Crippen LogP contribution in [0.25, 0.3) is 0 Å². The Morgan fingerprint density at radius 3 is 2.82 bits per heavy atom. The van der Waals surface area contributed by atoms with Gasteiger partial charge in [-0.2, -0.15) is 0 Å². The average Bonchev–Trinajstić information content (AvgIpc) is 2.77. The van der Waals surface area contributed by atoms with Gasteiger partial charge >= 0.3 is 0 Å². The monoisotopic (exact) mass is 308 g/mol. The predicted octanol–water partition coefficient (Wildman–Crippen LogP) is 4.26. The Morgan fingerprint density at radius 2 is 2.12 bits per heavy atom. The minimum atomic E-state index is 0.582. The Labute approximate surface area is 113 Å². The number of nitrogens with one attached hydrogen (secondary N) is 1. The van der Waals surface area contributed by atoms with Crippen LogP contribution in [0.2, 0.25) is 0 Å². The zero-order valence-corrected chi connectivity index (χ0v) is 11.7. The number of rotatable bonds is 3. The van der Waals surface area contributed by atoms with Crippen molar-refractivity contribution < 1.29 is 0 Å². The van der Waals surface area contributed by atoms with Crippen molar-refractivity contribution in [2.45, 2.75) is 24.8 Å². The molecule has 1 N–H and O–H groups in total. The Bertz CT molecular complexity index is 492. The second kappa shape index (κ2) is 4.78. The molecular formula is C13H13BrN2S. The van der Waals surface area contributed by atoms with E-state index < -0.39 is 0 Å². The Morgan fingerprint density at radius 1 is 1.29 bits per heavy atom. The first-order chi connectivity index (χ1) is 8.33. The fraction of sp³-hybridized carbons (Fsp3) is 0.308. The topological polar surface area (TPSA) is 24.9 Å². The predicted molar refractivity (Wildman–Crippen MR) is 75.6 cm³/mol.